The number of anilines is 2. The second kappa shape index (κ2) is 34.1. The van der Waals surface area contributed by atoms with Crippen LogP contribution < -0.4 is 40.2 Å². The minimum Gasteiger partial charge on any atom is -0.479 e. The van der Waals surface area contributed by atoms with E-state index in [9.17, 15) is 43.3 Å². The number of rotatable bonds is 20. The van der Waals surface area contributed by atoms with Crippen LogP contribution in [-0.2, 0) is 42.2 Å². The van der Waals surface area contributed by atoms with Crippen LogP contribution in [0.2, 0.25) is 10.0 Å². The third-order valence-electron chi connectivity index (χ3n) is 12.9. The van der Waals surface area contributed by atoms with E-state index in [4.69, 9.17) is 76.7 Å². The SMILES string of the molecule is C.CC(C)OC(=O)[C@H](C)NP(=O)(O)Oc1ccccc1.COc1nc(N)nc2c1ncn2[C@@H]1O[C@H](CO)[C@@H](O)[C@@]1(C)F.COc1nc(N)nc2c1ncn2[C@@H]1O[C@H](COP(=O)(N[C@@H](C)C(=O)OC(C)C)Oc2ccccc2)[C@@H](O)[C@@]1(C)F.Cc1ccc(Cl)cc1Cl.[Ar]. The zero-order chi connectivity index (χ0) is 66.6. The van der Waals surface area contributed by atoms with Crippen molar-refractivity contribution < 1.29 is 127 Å². The van der Waals surface area contributed by atoms with Crippen molar-refractivity contribution in [2.75, 3.05) is 38.9 Å². The number of carbonyl (C=O) groups is 2. The average molecular weight is 1400 g/mol. The summed E-state index contributed by atoms with van der Waals surface area (Å²) in [6.45, 7) is 12.8. The Bertz CT molecular complexity index is 3650. The van der Waals surface area contributed by atoms with Gasteiger partial charge < -0.3 is 69.1 Å². The van der Waals surface area contributed by atoms with Crippen LogP contribution in [0.15, 0.2) is 91.5 Å². The van der Waals surface area contributed by atoms with E-state index in [0.29, 0.717) is 5.02 Å². The predicted octanol–water partition coefficient (Wildman–Crippen LogP) is 7.97. The number of imidazole rings is 2. The number of fused-ring (bicyclic) bond motifs is 2. The Labute approximate surface area is 569 Å². The number of nitrogen functional groups attached to an aromatic ring is 2. The molecule has 0 radical (unpaired) electrons. The maximum atomic E-state index is 15.9. The standard InChI is InChI=1S/C24H32FN6O8P.C12H16FN5O4.C12H18NO5P.C7H6Cl2.CH4.Ar/c1-13(2)37-21(33)14(3)30-40(34,39-15-9-7-6-8-10-15)36-11-16-18(32)24(4,25)22(38-16)31-12-27-17-19(31)28-23(26)29-20(17)35-5;1-12(13)7(20)5(3-19)22-10(12)18-4-15-6-8(18)16-11(14)17-9(6)21-2;1-9(2)17-12(14)10(3)13-19(15,16)18-11-7-5-4-6-8-11;1-5-2-3-6(8)4-7(5)9;;/h6-10,12-14,16,18,22,32H,11H2,1-5H3,(H,30,34)(H2,26,28,29);4-5,7,10,19-20H,3H2,1-2H3,(H2,14,16,17);4-10H,1-3H3,(H2,13,15,16);2-4H,1H3;1H4;/t14-,16+,18+,22+,24+,40?;5-,7-,10-,12-;10-;;;/m010.../s1. The van der Waals surface area contributed by atoms with Crippen LogP contribution in [0, 0.1) is 44.7 Å². The number of benzene rings is 3. The number of para-hydroxylation sites is 2. The first-order valence-corrected chi connectivity index (χ1v) is 31.3. The monoisotopic (exact) mass is 1400 g/mol. The molecule has 29 nitrogen and oxygen atoms in total. The van der Waals surface area contributed by atoms with E-state index in [0.717, 1.165) is 17.5 Å². The van der Waals surface area contributed by atoms with Gasteiger partial charge >= 0.3 is 27.4 Å². The van der Waals surface area contributed by atoms with Crippen molar-refractivity contribution in [3.63, 3.8) is 0 Å². The molecule has 92 heavy (non-hydrogen) atoms. The van der Waals surface area contributed by atoms with Gasteiger partial charge in [0.1, 0.15) is 48.0 Å². The fourth-order valence-corrected chi connectivity index (χ4v) is 11.5. The molecule has 36 heteroatoms. The zero-order valence-electron chi connectivity index (χ0n) is 50.9. The number of alkyl halides is 2. The van der Waals surface area contributed by atoms with Crippen molar-refractivity contribution in [1.29, 1.82) is 0 Å². The Hall–Kier alpha value is -5.70. The molecular formula is C56H76ArCl2F2N12O17P2. The molecule has 7 aromatic rings. The summed E-state index contributed by atoms with van der Waals surface area (Å²) in [6, 6.07) is 19.7. The number of halogens is 4. The number of aryl methyl sites for hydroxylation is 1. The van der Waals surface area contributed by atoms with Gasteiger partial charge in [0.2, 0.25) is 23.7 Å². The number of esters is 2. The van der Waals surface area contributed by atoms with Crippen molar-refractivity contribution in [3.05, 3.63) is 107 Å². The Morgan fingerprint density at radius 2 is 1.13 bits per heavy atom. The van der Waals surface area contributed by atoms with Crippen LogP contribution >= 0.6 is 38.7 Å². The topological polar surface area (TPSA) is 396 Å². The van der Waals surface area contributed by atoms with Crippen molar-refractivity contribution in [2.24, 2.45) is 0 Å². The van der Waals surface area contributed by atoms with Gasteiger partial charge in [0.15, 0.2) is 46.1 Å². The average Bonchev–Trinajstić information content (AvgIpc) is 1.60. The maximum Gasteiger partial charge on any atom is 0.459 e. The van der Waals surface area contributed by atoms with Crippen molar-refractivity contribution in [2.45, 2.75) is 142 Å². The number of hydrogen-bond acceptors (Lipinski definition) is 24. The molecule has 2 aliphatic rings. The Morgan fingerprint density at radius 3 is 1.53 bits per heavy atom. The normalized spacial score (nSPS) is 22.7. The van der Waals surface area contributed by atoms with E-state index in [1.807, 2.05) is 19.1 Å². The number of aliphatic hydroxyl groups excluding tert-OH is 3. The van der Waals surface area contributed by atoms with Crippen LogP contribution in [0.25, 0.3) is 22.3 Å². The number of ether oxygens (including phenoxy) is 6. The number of aliphatic hydroxyl groups is 3. The molecule has 9 rings (SSSR count). The van der Waals surface area contributed by atoms with E-state index in [1.54, 1.807) is 82.3 Å². The van der Waals surface area contributed by atoms with E-state index in [1.165, 1.54) is 68.9 Å². The molecule has 2 saturated heterocycles. The minimum atomic E-state index is -4.29. The third kappa shape index (κ3) is 20.4. The van der Waals surface area contributed by atoms with Crippen molar-refractivity contribution >= 4 is 84.9 Å². The van der Waals surface area contributed by atoms with Crippen molar-refractivity contribution in [1.82, 2.24) is 49.2 Å². The fraction of sp³-hybridized carbons (Fsp3) is 0.464. The Morgan fingerprint density at radius 1 is 0.707 bits per heavy atom. The van der Waals surface area contributed by atoms with Crippen LogP contribution in [0.5, 0.6) is 23.3 Å². The fourth-order valence-electron chi connectivity index (χ4n) is 8.51. The number of carbonyl (C=O) groups excluding carboxylic acids is 2. The number of methoxy groups -OCH3 is 2. The van der Waals surface area contributed by atoms with Gasteiger partial charge in [0.25, 0.3) is 0 Å². The maximum absolute atomic E-state index is 15.9. The molecule has 3 aromatic carbocycles. The first kappa shape index (κ1) is 78.7. The molecule has 12 atom stereocenters. The van der Waals surface area contributed by atoms with Crippen LogP contribution in [0.1, 0.15) is 80.8 Å². The van der Waals surface area contributed by atoms with Gasteiger partial charge in [0.05, 0.1) is 52.3 Å². The van der Waals surface area contributed by atoms with E-state index in [2.05, 4.69) is 40.1 Å². The Balaban J connectivity index is 0.000000292. The molecule has 0 bridgehead atoms. The third-order valence-corrected chi connectivity index (χ3v) is 16.4. The number of nitrogens with zero attached hydrogens (tertiary/aromatic N) is 8. The zero-order valence-corrected chi connectivity index (χ0v) is 54.9. The number of aromatic nitrogens is 8. The summed E-state index contributed by atoms with van der Waals surface area (Å²) in [7, 11) is -5.64. The van der Waals surface area contributed by atoms with Gasteiger partial charge in [-0.1, -0.05) is 73.1 Å². The summed E-state index contributed by atoms with van der Waals surface area (Å²) < 4.78 is 107. The quantitative estimate of drug-likeness (QED) is 0.0265. The second-order valence-corrected chi connectivity index (χ2v) is 25.0. The largest absolute Gasteiger partial charge is 0.479 e. The molecule has 2 fully saturated rings. The molecule has 508 valence electrons. The summed E-state index contributed by atoms with van der Waals surface area (Å²) >= 11 is 11.4. The summed E-state index contributed by atoms with van der Waals surface area (Å²) in [5.41, 5.74) is 8.73. The van der Waals surface area contributed by atoms with E-state index >= 15 is 4.39 Å². The second-order valence-electron chi connectivity index (χ2n) is 20.9. The van der Waals surface area contributed by atoms with Gasteiger partial charge in [0, 0.05) is 47.8 Å². The molecule has 0 saturated carbocycles. The number of nitrogens with two attached hydrogens (primary N) is 2. The number of nitrogens with one attached hydrogen (secondary N) is 2. The van der Waals surface area contributed by atoms with Gasteiger partial charge in [-0.2, -0.15) is 30.1 Å². The van der Waals surface area contributed by atoms with Gasteiger partial charge in [-0.15, -0.1) is 0 Å². The number of hydrogen-bond donors (Lipinski definition) is 8. The molecule has 0 aliphatic carbocycles. The molecule has 4 aromatic heterocycles. The summed E-state index contributed by atoms with van der Waals surface area (Å²) in [6.07, 6.45) is -6.36. The molecule has 2 aliphatic heterocycles. The smallest absolute Gasteiger partial charge is 0.459 e. The molecular weight excluding hydrogens is 1320 g/mol. The van der Waals surface area contributed by atoms with Crippen LogP contribution in [0.4, 0.5) is 20.7 Å². The first-order valence-electron chi connectivity index (χ1n) is 27.4. The van der Waals surface area contributed by atoms with Crippen molar-refractivity contribution in [3.8, 4) is 23.3 Å². The Kier molecular flexibility index (Phi) is 29.2. The van der Waals surface area contributed by atoms with Gasteiger partial charge in [-0.3, -0.25) is 23.2 Å². The van der Waals surface area contributed by atoms with Gasteiger partial charge in [-0.25, -0.2) is 27.9 Å². The van der Waals surface area contributed by atoms with Crippen LogP contribution in [-0.4, -0.2) is 159 Å². The summed E-state index contributed by atoms with van der Waals surface area (Å²) in [4.78, 5) is 57.7. The molecule has 0 amide bonds. The molecule has 10 N–H and O–H groups in total. The molecule has 0 spiro atoms. The summed E-state index contributed by atoms with van der Waals surface area (Å²) in [5, 5.41) is 36.1. The minimum absolute atomic E-state index is 0. The van der Waals surface area contributed by atoms with Gasteiger partial charge in [-0.05, 0) is 104 Å². The van der Waals surface area contributed by atoms with Crippen LogP contribution in [0.3, 0.4) is 0 Å². The van der Waals surface area contributed by atoms with E-state index < -0.39 is 107 Å². The molecule has 2 unspecified atom stereocenters. The molecule has 6 heterocycles. The first-order chi connectivity index (χ1) is 42.2. The van der Waals surface area contributed by atoms with E-state index in [-0.39, 0.29) is 109 Å². The summed E-state index contributed by atoms with van der Waals surface area (Å²) in [5.74, 6) is -0.849. The predicted molar refractivity (Wildman–Crippen MR) is 332 cm³/mol.